The lowest BCUT2D eigenvalue weighted by Gasteiger charge is -2.34. The zero-order chi connectivity index (χ0) is 13.5. The fourth-order valence-electron chi connectivity index (χ4n) is 2.63. The van der Waals surface area contributed by atoms with Gasteiger partial charge in [-0.1, -0.05) is 13.3 Å². The van der Waals surface area contributed by atoms with Crippen LogP contribution in [0.5, 0.6) is 0 Å². The van der Waals surface area contributed by atoms with Crippen LogP contribution < -0.4 is 5.32 Å². The molecular weight excluding hydrogens is 238 g/mol. The number of aliphatic hydroxyl groups is 1. The molecule has 0 spiro atoms. The maximum atomic E-state index is 9.44. The van der Waals surface area contributed by atoms with E-state index in [9.17, 15) is 5.11 Å². The van der Waals surface area contributed by atoms with Gasteiger partial charge in [0.15, 0.2) is 0 Å². The molecule has 2 heterocycles. The van der Waals surface area contributed by atoms with Crippen molar-refractivity contribution in [2.24, 2.45) is 0 Å². The highest BCUT2D eigenvalue weighted by molar-refractivity contribution is 5.37. The Balaban J connectivity index is 1.97. The van der Waals surface area contributed by atoms with Crippen LogP contribution in [0.1, 0.15) is 38.2 Å². The van der Waals surface area contributed by atoms with Crippen molar-refractivity contribution >= 4 is 5.82 Å². The molecule has 0 saturated carbocycles. The zero-order valence-corrected chi connectivity index (χ0v) is 11.8. The van der Waals surface area contributed by atoms with Gasteiger partial charge in [0.25, 0.3) is 0 Å². The Morgan fingerprint density at radius 3 is 3.16 bits per heavy atom. The molecular formula is C15H25N3O. The summed E-state index contributed by atoms with van der Waals surface area (Å²) in [5, 5.41) is 12.8. The number of piperidine rings is 1. The monoisotopic (exact) mass is 263 g/mol. The van der Waals surface area contributed by atoms with Crippen molar-refractivity contribution in [3.8, 4) is 0 Å². The van der Waals surface area contributed by atoms with Gasteiger partial charge in [-0.05, 0) is 43.5 Å². The molecule has 4 nitrogen and oxygen atoms in total. The molecule has 0 radical (unpaired) electrons. The lowest BCUT2D eigenvalue weighted by molar-refractivity contribution is 0.0841. The summed E-state index contributed by atoms with van der Waals surface area (Å²) >= 11 is 0. The quantitative estimate of drug-likeness (QED) is 0.826. The van der Waals surface area contributed by atoms with E-state index < -0.39 is 0 Å². The van der Waals surface area contributed by atoms with Gasteiger partial charge in [0, 0.05) is 25.3 Å². The van der Waals surface area contributed by atoms with E-state index >= 15 is 0 Å². The Hall–Kier alpha value is -1.13. The van der Waals surface area contributed by atoms with E-state index in [1.54, 1.807) is 0 Å². The number of pyridine rings is 1. The summed E-state index contributed by atoms with van der Waals surface area (Å²) < 4.78 is 0. The molecule has 0 amide bonds. The second kappa shape index (κ2) is 7.46. The molecule has 1 aromatic rings. The third kappa shape index (κ3) is 4.18. The molecule has 1 saturated heterocycles. The lowest BCUT2D eigenvalue weighted by Crippen LogP contribution is -2.41. The minimum atomic E-state index is 0.270. The van der Waals surface area contributed by atoms with Crippen molar-refractivity contribution in [2.75, 3.05) is 25.0 Å². The largest absolute Gasteiger partial charge is 0.395 e. The summed E-state index contributed by atoms with van der Waals surface area (Å²) in [6, 6.07) is 4.52. The Bertz CT molecular complexity index is 383. The van der Waals surface area contributed by atoms with Crippen LogP contribution in [0.25, 0.3) is 0 Å². The summed E-state index contributed by atoms with van der Waals surface area (Å²) in [4.78, 5) is 6.72. The average Bonchev–Trinajstić information content (AvgIpc) is 2.46. The van der Waals surface area contributed by atoms with E-state index in [0.29, 0.717) is 6.04 Å². The number of likely N-dealkylation sites (tertiary alicyclic amines) is 1. The van der Waals surface area contributed by atoms with E-state index in [1.807, 2.05) is 6.20 Å². The van der Waals surface area contributed by atoms with Gasteiger partial charge in [-0.25, -0.2) is 4.98 Å². The number of rotatable bonds is 6. The van der Waals surface area contributed by atoms with Gasteiger partial charge >= 0.3 is 0 Å². The number of hydrogen-bond acceptors (Lipinski definition) is 4. The summed E-state index contributed by atoms with van der Waals surface area (Å²) in [5.74, 6) is 0.955. The van der Waals surface area contributed by atoms with Crippen molar-refractivity contribution in [3.63, 3.8) is 0 Å². The molecule has 0 aromatic carbocycles. The van der Waals surface area contributed by atoms with Crippen LogP contribution in [0.15, 0.2) is 18.3 Å². The number of nitrogens with zero attached hydrogens (tertiary/aromatic N) is 2. The number of anilines is 1. The van der Waals surface area contributed by atoms with Crippen LogP contribution in [-0.4, -0.2) is 40.7 Å². The smallest absolute Gasteiger partial charge is 0.126 e. The van der Waals surface area contributed by atoms with Crippen molar-refractivity contribution in [1.82, 2.24) is 9.88 Å². The first-order valence-corrected chi connectivity index (χ1v) is 7.37. The fourth-order valence-corrected chi connectivity index (χ4v) is 2.63. The van der Waals surface area contributed by atoms with Gasteiger partial charge in [-0.3, -0.25) is 4.90 Å². The predicted molar refractivity (Wildman–Crippen MR) is 78.2 cm³/mol. The van der Waals surface area contributed by atoms with Crippen LogP contribution in [0.3, 0.4) is 0 Å². The van der Waals surface area contributed by atoms with Gasteiger partial charge in [0.2, 0.25) is 0 Å². The molecule has 1 aliphatic heterocycles. The van der Waals surface area contributed by atoms with Gasteiger partial charge < -0.3 is 10.4 Å². The van der Waals surface area contributed by atoms with E-state index in [4.69, 9.17) is 0 Å². The van der Waals surface area contributed by atoms with Crippen molar-refractivity contribution in [1.29, 1.82) is 0 Å². The molecule has 19 heavy (non-hydrogen) atoms. The third-order valence-corrected chi connectivity index (χ3v) is 3.73. The fraction of sp³-hybridized carbons (Fsp3) is 0.667. The molecule has 4 heteroatoms. The Labute approximate surface area is 115 Å². The van der Waals surface area contributed by atoms with E-state index in [-0.39, 0.29) is 6.61 Å². The standard InChI is InChI=1S/C15H25N3O/c1-2-7-16-15-10-13(6-8-17-15)11-18-9-4-3-5-14(18)12-19/h6,8,10,14,19H,2-5,7,9,11-12H2,1H3,(H,16,17). The highest BCUT2D eigenvalue weighted by atomic mass is 16.3. The van der Waals surface area contributed by atoms with Crippen molar-refractivity contribution in [3.05, 3.63) is 23.9 Å². The van der Waals surface area contributed by atoms with Gasteiger partial charge in [0.05, 0.1) is 6.61 Å². The van der Waals surface area contributed by atoms with Crippen LogP contribution in [0.2, 0.25) is 0 Å². The number of nitrogens with one attached hydrogen (secondary N) is 1. The van der Waals surface area contributed by atoms with Crippen molar-refractivity contribution in [2.45, 2.75) is 45.2 Å². The summed E-state index contributed by atoms with van der Waals surface area (Å²) in [7, 11) is 0. The topological polar surface area (TPSA) is 48.4 Å². The minimum absolute atomic E-state index is 0.270. The second-order valence-corrected chi connectivity index (χ2v) is 5.28. The average molecular weight is 263 g/mol. The zero-order valence-electron chi connectivity index (χ0n) is 11.8. The van der Waals surface area contributed by atoms with Gasteiger partial charge in [0.1, 0.15) is 5.82 Å². The summed E-state index contributed by atoms with van der Waals surface area (Å²) in [5.41, 5.74) is 1.27. The Morgan fingerprint density at radius 1 is 1.47 bits per heavy atom. The number of aliphatic hydroxyl groups excluding tert-OH is 1. The molecule has 0 aliphatic carbocycles. The molecule has 2 rings (SSSR count). The van der Waals surface area contributed by atoms with Crippen LogP contribution in [-0.2, 0) is 6.54 Å². The highest BCUT2D eigenvalue weighted by Gasteiger charge is 2.21. The maximum absolute atomic E-state index is 9.44. The molecule has 1 aliphatic rings. The second-order valence-electron chi connectivity index (χ2n) is 5.28. The maximum Gasteiger partial charge on any atom is 0.126 e. The summed E-state index contributed by atoms with van der Waals surface area (Å²) in [6.45, 7) is 5.38. The molecule has 1 fully saturated rings. The SMILES string of the molecule is CCCNc1cc(CN2CCCCC2CO)ccn1. The molecule has 1 atom stereocenters. The van der Waals surface area contributed by atoms with E-state index in [2.05, 4.69) is 34.3 Å². The summed E-state index contributed by atoms with van der Waals surface area (Å²) in [6.07, 6.45) is 6.56. The van der Waals surface area contributed by atoms with Crippen molar-refractivity contribution < 1.29 is 5.11 Å². The molecule has 1 unspecified atom stereocenters. The minimum Gasteiger partial charge on any atom is -0.395 e. The number of aromatic nitrogens is 1. The molecule has 0 bridgehead atoms. The normalized spacial score (nSPS) is 20.4. The van der Waals surface area contributed by atoms with Crippen LogP contribution >= 0.6 is 0 Å². The van der Waals surface area contributed by atoms with E-state index in [1.165, 1.54) is 18.4 Å². The van der Waals surface area contributed by atoms with Gasteiger partial charge in [-0.2, -0.15) is 0 Å². The van der Waals surface area contributed by atoms with Crippen LogP contribution in [0, 0.1) is 0 Å². The number of hydrogen-bond donors (Lipinski definition) is 2. The van der Waals surface area contributed by atoms with Crippen LogP contribution in [0.4, 0.5) is 5.82 Å². The molecule has 2 N–H and O–H groups in total. The Kier molecular flexibility index (Phi) is 5.61. The molecule has 106 valence electrons. The lowest BCUT2D eigenvalue weighted by atomic mass is 10.0. The first kappa shape index (κ1) is 14.3. The van der Waals surface area contributed by atoms with Gasteiger partial charge in [-0.15, -0.1) is 0 Å². The highest BCUT2D eigenvalue weighted by Crippen LogP contribution is 2.20. The first-order chi connectivity index (χ1) is 9.33. The Morgan fingerprint density at radius 2 is 2.37 bits per heavy atom. The molecule has 1 aromatic heterocycles. The third-order valence-electron chi connectivity index (χ3n) is 3.73. The first-order valence-electron chi connectivity index (χ1n) is 7.37. The predicted octanol–water partition coefficient (Wildman–Crippen LogP) is 2.25. The van der Waals surface area contributed by atoms with E-state index in [0.717, 1.165) is 38.3 Å².